The lowest BCUT2D eigenvalue weighted by Crippen LogP contribution is -2.22. The summed E-state index contributed by atoms with van der Waals surface area (Å²) in [5.74, 6) is 0.851. The molecule has 3 rings (SSSR count). The van der Waals surface area contributed by atoms with E-state index in [9.17, 15) is 0 Å². The number of nitrogens with one attached hydrogen (secondary N) is 1. The Labute approximate surface area is 134 Å². The van der Waals surface area contributed by atoms with Gasteiger partial charge in [-0.05, 0) is 77.2 Å². The summed E-state index contributed by atoms with van der Waals surface area (Å²) in [6, 6.07) is 11.6. The van der Waals surface area contributed by atoms with Crippen molar-refractivity contribution in [3.8, 4) is 0 Å². The van der Waals surface area contributed by atoms with E-state index in [1.54, 1.807) is 0 Å². The van der Waals surface area contributed by atoms with E-state index in [4.69, 9.17) is 0 Å². The predicted octanol–water partition coefficient (Wildman–Crippen LogP) is 4.20. The van der Waals surface area contributed by atoms with E-state index in [2.05, 4.69) is 82.1 Å². The Kier molecular flexibility index (Phi) is 4.46. The van der Waals surface area contributed by atoms with Crippen molar-refractivity contribution in [3.63, 3.8) is 0 Å². The maximum atomic E-state index is 3.63. The first kappa shape index (κ1) is 14.1. The molecule has 1 aliphatic rings. The maximum absolute atomic E-state index is 3.63. The molecule has 20 heavy (non-hydrogen) atoms. The van der Waals surface area contributed by atoms with Crippen LogP contribution in [-0.4, -0.2) is 11.1 Å². The summed E-state index contributed by atoms with van der Waals surface area (Å²) in [4.78, 5) is 0. The van der Waals surface area contributed by atoms with Crippen LogP contribution in [0.25, 0.3) is 0 Å². The Morgan fingerprint density at radius 1 is 1.25 bits per heavy atom. The Hall–Kier alpha value is -0.810. The van der Waals surface area contributed by atoms with Crippen LogP contribution in [0.1, 0.15) is 36.9 Å². The molecule has 2 nitrogen and oxygen atoms in total. The Morgan fingerprint density at radius 3 is 2.65 bits per heavy atom. The van der Waals surface area contributed by atoms with Crippen LogP contribution in [0.15, 0.2) is 42.7 Å². The third kappa shape index (κ3) is 3.44. The van der Waals surface area contributed by atoms with Crippen LogP contribution in [-0.2, 0) is 6.54 Å². The molecule has 3 heteroatoms. The molecule has 0 amide bonds. The molecule has 1 atom stereocenters. The van der Waals surface area contributed by atoms with Gasteiger partial charge in [-0.1, -0.05) is 19.1 Å². The lowest BCUT2D eigenvalue weighted by Gasteiger charge is -2.15. The molecule has 1 unspecified atom stereocenters. The molecule has 0 saturated heterocycles. The quantitative estimate of drug-likeness (QED) is 0.744. The van der Waals surface area contributed by atoms with Gasteiger partial charge in [0, 0.05) is 28.6 Å². The second-order valence-corrected chi connectivity index (χ2v) is 6.86. The molecule has 106 valence electrons. The normalized spacial score (nSPS) is 16.3. The molecule has 1 fully saturated rings. The van der Waals surface area contributed by atoms with E-state index >= 15 is 0 Å². The van der Waals surface area contributed by atoms with Gasteiger partial charge in [0.05, 0.1) is 0 Å². The highest BCUT2D eigenvalue weighted by atomic mass is 127. The van der Waals surface area contributed by atoms with E-state index in [-0.39, 0.29) is 0 Å². The smallest absolute Gasteiger partial charge is 0.0470 e. The van der Waals surface area contributed by atoms with Crippen molar-refractivity contribution in [1.29, 1.82) is 0 Å². The van der Waals surface area contributed by atoms with Gasteiger partial charge in [0.15, 0.2) is 0 Å². The highest BCUT2D eigenvalue weighted by Gasteiger charge is 2.31. The van der Waals surface area contributed by atoms with Crippen molar-refractivity contribution < 1.29 is 0 Å². The van der Waals surface area contributed by atoms with E-state index in [1.807, 2.05) is 0 Å². The minimum Gasteiger partial charge on any atom is -0.350 e. The topological polar surface area (TPSA) is 17.0 Å². The minimum absolute atomic E-state index is 0.554. The molecule has 1 aromatic heterocycles. The zero-order chi connectivity index (χ0) is 13.9. The number of halogens is 1. The Balaban J connectivity index is 1.70. The molecule has 1 aromatic carbocycles. The van der Waals surface area contributed by atoms with Crippen molar-refractivity contribution in [3.05, 3.63) is 57.4 Å². The molecule has 1 saturated carbocycles. The SMILES string of the molecule is CCNC(c1ccn(Cc2ccc(I)cc2)c1)C1CC1. The van der Waals surface area contributed by atoms with E-state index in [0.717, 1.165) is 19.0 Å². The molecule has 0 spiro atoms. The van der Waals surface area contributed by atoms with Crippen molar-refractivity contribution in [1.82, 2.24) is 9.88 Å². The highest BCUT2D eigenvalue weighted by Crippen LogP contribution is 2.41. The number of hydrogen-bond donors (Lipinski definition) is 1. The monoisotopic (exact) mass is 380 g/mol. The van der Waals surface area contributed by atoms with Crippen molar-refractivity contribution in [2.45, 2.75) is 32.4 Å². The first-order valence-corrected chi connectivity index (χ1v) is 8.47. The number of rotatable bonds is 6. The van der Waals surface area contributed by atoms with Gasteiger partial charge in [0.2, 0.25) is 0 Å². The van der Waals surface area contributed by atoms with Crippen molar-refractivity contribution >= 4 is 22.6 Å². The summed E-state index contributed by atoms with van der Waals surface area (Å²) in [6.07, 6.45) is 7.27. The van der Waals surface area contributed by atoms with Gasteiger partial charge >= 0.3 is 0 Å². The molecule has 0 bridgehead atoms. The van der Waals surface area contributed by atoms with Gasteiger partial charge in [-0.3, -0.25) is 0 Å². The van der Waals surface area contributed by atoms with Gasteiger partial charge < -0.3 is 9.88 Å². The number of aromatic nitrogens is 1. The molecular weight excluding hydrogens is 359 g/mol. The van der Waals surface area contributed by atoms with Gasteiger partial charge in [-0.25, -0.2) is 0 Å². The number of nitrogens with zero attached hydrogens (tertiary/aromatic N) is 1. The first-order valence-electron chi connectivity index (χ1n) is 7.40. The lowest BCUT2D eigenvalue weighted by molar-refractivity contribution is 0.495. The van der Waals surface area contributed by atoms with Gasteiger partial charge in [-0.2, -0.15) is 0 Å². The summed E-state index contributed by atoms with van der Waals surface area (Å²) < 4.78 is 3.59. The van der Waals surface area contributed by atoms with Crippen LogP contribution >= 0.6 is 22.6 Å². The maximum Gasteiger partial charge on any atom is 0.0470 e. The molecule has 0 aliphatic heterocycles. The average molecular weight is 380 g/mol. The molecule has 1 aliphatic carbocycles. The Morgan fingerprint density at radius 2 is 2.00 bits per heavy atom. The standard InChI is InChI=1S/C17H21IN2/c1-2-19-17(14-5-6-14)15-9-10-20(12-15)11-13-3-7-16(18)8-4-13/h3-4,7-10,12,14,17,19H,2,5-6,11H2,1H3. The zero-order valence-corrected chi connectivity index (χ0v) is 14.0. The lowest BCUT2D eigenvalue weighted by atomic mass is 10.1. The minimum atomic E-state index is 0.554. The van der Waals surface area contributed by atoms with Crippen LogP contribution in [0.3, 0.4) is 0 Å². The fourth-order valence-electron chi connectivity index (χ4n) is 2.75. The fourth-order valence-corrected chi connectivity index (χ4v) is 3.11. The van der Waals surface area contributed by atoms with Crippen molar-refractivity contribution in [2.75, 3.05) is 6.54 Å². The second kappa shape index (κ2) is 6.31. The van der Waals surface area contributed by atoms with E-state index in [0.29, 0.717) is 6.04 Å². The molecular formula is C17H21IN2. The molecule has 1 heterocycles. The van der Waals surface area contributed by atoms with Crippen LogP contribution in [0.2, 0.25) is 0 Å². The van der Waals surface area contributed by atoms with Gasteiger partial charge in [0.25, 0.3) is 0 Å². The van der Waals surface area contributed by atoms with Crippen LogP contribution in [0, 0.1) is 9.49 Å². The van der Waals surface area contributed by atoms with Crippen LogP contribution in [0.4, 0.5) is 0 Å². The highest BCUT2D eigenvalue weighted by molar-refractivity contribution is 14.1. The first-order chi connectivity index (χ1) is 9.76. The third-order valence-corrected chi connectivity index (χ3v) is 4.65. The zero-order valence-electron chi connectivity index (χ0n) is 11.8. The molecule has 0 radical (unpaired) electrons. The summed E-state index contributed by atoms with van der Waals surface area (Å²) in [6.45, 7) is 4.20. The third-order valence-electron chi connectivity index (χ3n) is 3.93. The van der Waals surface area contributed by atoms with Gasteiger partial charge in [0.1, 0.15) is 0 Å². The molecule has 1 N–H and O–H groups in total. The summed E-state index contributed by atoms with van der Waals surface area (Å²) in [5, 5.41) is 3.63. The number of benzene rings is 1. The second-order valence-electron chi connectivity index (χ2n) is 5.62. The summed E-state index contributed by atoms with van der Waals surface area (Å²) in [7, 11) is 0. The fraction of sp³-hybridized carbons (Fsp3) is 0.412. The van der Waals surface area contributed by atoms with E-state index < -0.39 is 0 Å². The van der Waals surface area contributed by atoms with Crippen LogP contribution < -0.4 is 5.32 Å². The largest absolute Gasteiger partial charge is 0.350 e. The number of hydrogen-bond acceptors (Lipinski definition) is 1. The Bertz CT molecular complexity index is 555. The average Bonchev–Trinajstić information content (AvgIpc) is 3.19. The van der Waals surface area contributed by atoms with Crippen molar-refractivity contribution in [2.24, 2.45) is 5.92 Å². The summed E-state index contributed by atoms with van der Waals surface area (Å²) >= 11 is 2.35. The summed E-state index contributed by atoms with van der Waals surface area (Å²) in [5.41, 5.74) is 2.80. The van der Waals surface area contributed by atoms with Crippen LogP contribution in [0.5, 0.6) is 0 Å². The van der Waals surface area contributed by atoms with Gasteiger partial charge in [-0.15, -0.1) is 0 Å². The predicted molar refractivity (Wildman–Crippen MR) is 91.8 cm³/mol. The molecule has 2 aromatic rings. The van der Waals surface area contributed by atoms with E-state index in [1.165, 1.54) is 27.5 Å².